The van der Waals surface area contributed by atoms with Gasteiger partial charge >= 0.3 is 0 Å². The molecule has 3 nitrogen and oxygen atoms in total. The number of hydrogen-bond acceptors (Lipinski definition) is 3. The zero-order chi connectivity index (χ0) is 30.2. The van der Waals surface area contributed by atoms with E-state index in [9.17, 15) is 17.6 Å². The molecule has 0 aromatic heterocycles. The van der Waals surface area contributed by atoms with Gasteiger partial charge in [-0.15, -0.1) is 0 Å². The first-order chi connectivity index (χ1) is 20.3. The van der Waals surface area contributed by atoms with Crippen molar-refractivity contribution < 1.29 is 40.6 Å². The molecule has 0 N–H and O–H groups in total. The molecule has 228 valence electrons. The summed E-state index contributed by atoms with van der Waals surface area (Å²) in [6.45, 7) is 4.28. The minimum absolute atomic E-state index is 0.0197. The summed E-state index contributed by atoms with van der Waals surface area (Å²) in [4.78, 5) is 0. The third-order valence-corrected chi connectivity index (χ3v) is 7.78. The van der Waals surface area contributed by atoms with E-state index in [1.54, 1.807) is 6.92 Å². The molecule has 3 aromatic carbocycles. The van der Waals surface area contributed by atoms with Crippen LogP contribution in [-0.4, -0.2) is 19.8 Å². The van der Waals surface area contributed by atoms with Gasteiger partial charge in [0.1, 0.15) is 0 Å². The third-order valence-electron chi connectivity index (χ3n) is 7.78. The van der Waals surface area contributed by atoms with Gasteiger partial charge in [0.2, 0.25) is 17.5 Å². The second kappa shape index (κ2) is 14.7. The van der Waals surface area contributed by atoms with Crippen molar-refractivity contribution >= 4 is 0 Å². The molecule has 0 saturated heterocycles. The Kier molecular flexibility index (Phi) is 11.0. The molecule has 3 aromatic rings. The van der Waals surface area contributed by atoms with E-state index >= 15 is 8.78 Å². The summed E-state index contributed by atoms with van der Waals surface area (Å²) in [5.41, 5.74) is -0.601. The Labute approximate surface area is 242 Å². The van der Waals surface area contributed by atoms with Gasteiger partial charge in [0.15, 0.2) is 34.7 Å². The van der Waals surface area contributed by atoms with Crippen molar-refractivity contribution in [3.63, 3.8) is 0 Å². The van der Waals surface area contributed by atoms with Gasteiger partial charge in [0.25, 0.3) is 0 Å². The van der Waals surface area contributed by atoms with E-state index in [4.69, 9.17) is 14.2 Å². The zero-order valence-corrected chi connectivity index (χ0v) is 23.9. The topological polar surface area (TPSA) is 27.7 Å². The van der Waals surface area contributed by atoms with Crippen LogP contribution in [0.3, 0.4) is 0 Å². The first kappa shape index (κ1) is 31.6. The summed E-state index contributed by atoms with van der Waals surface area (Å²) in [5, 5.41) is 0. The lowest BCUT2D eigenvalue weighted by molar-refractivity contribution is 0.190. The molecular weight excluding hydrogens is 558 g/mol. The maximum Gasteiger partial charge on any atom is 0.204 e. The highest BCUT2D eigenvalue weighted by atomic mass is 19.2. The molecule has 0 heterocycles. The summed E-state index contributed by atoms with van der Waals surface area (Å²) in [6.07, 6.45) is 6.11. The Balaban J connectivity index is 1.34. The largest absolute Gasteiger partial charge is 0.491 e. The number of ether oxygens (including phenoxy) is 3. The number of hydrogen-bond donors (Lipinski definition) is 0. The van der Waals surface area contributed by atoms with Crippen molar-refractivity contribution in [2.24, 2.45) is 5.92 Å². The minimum atomic E-state index is -1.31. The number of rotatable bonds is 13. The molecule has 42 heavy (non-hydrogen) atoms. The van der Waals surface area contributed by atoms with Crippen LogP contribution in [0.1, 0.15) is 76.7 Å². The van der Waals surface area contributed by atoms with E-state index in [1.807, 2.05) is 0 Å². The van der Waals surface area contributed by atoms with Crippen LogP contribution in [-0.2, 0) is 0 Å². The molecule has 9 heteroatoms. The maximum atomic E-state index is 15.2. The summed E-state index contributed by atoms with van der Waals surface area (Å²) in [5.74, 6) is -8.00. The molecule has 0 amide bonds. The SMILES string of the molecule is CCCCCCOc1ccc(OC[C@H]2CC[C@H](c3ccc(-c4ccc(OCC)c(F)c4F)c(F)c3F)CC2)c(F)c1F. The highest BCUT2D eigenvalue weighted by molar-refractivity contribution is 5.66. The Morgan fingerprint density at radius 2 is 1.12 bits per heavy atom. The van der Waals surface area contributed by atoms with Gasteiger partial charge < -0.3 is 14.2 Å². The van der Waals surface area contributed by atoms with Crippen molar-refractivity contribution in [3.8, 4) is 28.4 Å². The van der Waals surface area contributed by atoms with Crippen LogP contribution in [0.2, 0.25) is 0 Å². The second-order valence-electron chi connectivity index (χ2n) is 10.6. The van der Waals surface area contributed by atoms with E-state index in [0.29, 0.717) is 32.3 Å². The van der Waals surface area contributed by atoms with E-state index < -0.39 is 40.5 Å². The molecular formula is C33H36F6O3. The fraction of sp³-hybridized carbons (Fsp3) is 0.455. The van der Waals surface area contributed by atoms with Crippen LogP contribution in [0.5, 0.6) is 17.2 Å². The summed E-state index contributed by atoms with van der Waals surface area (Å²) >= 11 is 0. The van der Waals surface area contributed by atoms with Gasteiger partial charge in [-0.2, -0.15) is 13.2 Å². The van der Waals surface area contributed by atoms with E-state index in [0.717, 1.165) is 31.7 Å². The highest BCUT2D eigenvalue weighted by Crippen LogP contribution is 2.40. The molecule has 0 spiro atoms. The Morgan fingerprint density at radius 1 is 0.571 bits per heavy atom. The predicted molar refractivity (Wildman–Crippen MR) is 149 cm³/mol. The molecule has 0 radical (unpaired) electrons. The molecule has 0 bridgehead atoms. The van der Waals surface area contributed by atoms with E-state index in [1.165, 1.54) is 30.3 Å². The van der Waals surface area contributed by atoms with Crippen LogP contribution in [0.4, 0.5) is 26.3 Å². The van der Waals surface area contributed by atoms with Crippen LogP contribution >= 0.6 is 0 Å². The molecule has 1 fully saturated rings. The molecule has 1 saturated carbocycles. The average molecular weight is 595 g/mol. The summed E-state index contributed by atoms with van der Waals surface area (Å²) < 4.78 is 104. The lowest BCUT2D eigenvalue weighted by Gasteiger charge is -2.29. The zero-order valence-electron chi connectivity index (χ0n) is 23.9. The molecule has 0 aliphatic heterocycles. The Morgan fingerprint density at radius 3 is 1.76 bits per heavy atom. The maximum absolute atomic E-state index is 15.2. The number of benzene rings is 3. The molecule has 0 atom stereocenters. The van der Waals surface area contributed by atoms with Crippen LogP contribution in [0, 0.1) is 40.8 Å². The van der Waals surface area contributed by atoms with Crippen molar-refractivity contribution in [1.29, 1.82) is 0 Å². The van der Waals surface area contributed by atoms with E-state index in [2.05, 4.69) is 6.92 Å². The monoisotopic (exact) mass is 594 g/mol. The lowest BCUT2D eigenvalue weighted by Crippen LogP contribution is -2.20. The van der Waals surface area contributed by atoms with Gasteiger partial charge in [-0.1, -0.05) is 38.3 Å². The van der Waals surface area contributed by atoms with Gasteiger partial charge in [-0.25, -0.2) is 13.2 Å². The Bertz CT molecular complexity index is 1350. The van der Waals surface area contributed by atoms with Crippen molar-refractivity contribution in [2.75, 3.05) is 19.8 Å². The van der Waals surface area contributed by atoms with Crippen LogP contribution < -0.4 is 14.2 Å². The predicted octanol–water partition coefficient (Wildman–Crippen LogP) is 9.90. The molecule has 1 aliphatic rings. The van der Waals surface area contributed by atoms with Gasteiger partial charge in [-0.05, 0) is 80.7 Å². The average Bonchev–Trinajstić information content (AvgIpc) is 2.99. The minimum Gasteiger partial charge on any atom is -0.491 e. The van der Waals surface area contributed by atoms with Crippen molar-refractivity contribution in [2.45, 2.75) is 71.1 Å². The van der Waals surface area contributed by atoms with Crippen LogP contribution in [0.15, 0.2) is 36.4 Å². The fourth-order valence-corrected chi connectivity index (χ4v) is 5.39. The van der Waals surface area contributed by atoms with Crippen molar-refractivity contribution in [1.82, 2.24) is 0 Å². The normalized spacial score (nSPS) is 16.9. The summed E-state index contributed by atoms with van der Waals surface area (Å²) in [7, 11) is 0. The second-order valence-corrected chi connectivity index (χ2v) is 10.6. The number of unbranched alkanes of at least 4 members (excludes halogenated alkanes) is 3. The first-order valence-electron chi connectivity index (χ1n) is 14.6. The first-order valence-corrected chi connectivity index (χ1v) is 14.6. The lowest BCUT2D eigenvalue weighted by atomic mass is 9.78. The molecule has 0 unspecified atom stereocenters. The molecule has 4 rings (SSSR count). The van der Waals surface area contributed by atoms with Gasteiger partial charge in [-0.3, -0.25) is 0 Å². The van der Waals surface area contributed by atoms with Crippen molar-refractivity contribution in [3.05, 3.63) is 76.9 Å². The van der Waals surface area contributed by atoms with E-state index in [-0.39, 0.29) is 53.4 Å². The fourth-order valence-electron chi connectivity index (χ4n) is 5.39. The highest BCUT2D eigenvalue weighted by Gasteiger charge is 2.28. The van der Waals surface area contributed by atoms with Gasteiger partial charge in [0.05, 0.1) is 19.8 Å². The Hall–Kier alpha value is -3.36. The standard InChI is InChI=1S/C33H36F6O3/c1-3-5-6-7-18-41-26-16-17-27(33(39)32(26)38)42-19-20-8-10-21(11-9-20)22-12-13-23(29(35)28(22)34)24-14-15-25(40-4-2)31(37)30(24)36/h12-17,20-21H,3-11,18-19H2,1-2H3/t20-,21-. The number of halogens is 6. The third kappa shape index (κ3) is 7.16. The smallest absolute Gasteiger partial charge is 0.204 e. The van der Waals surface area contributed by atoms with Gasteiger partial charge in [0, 0.05) is 11.1 Å². The summed E-state index contributed by atoms with van der Waals surface area (Å²) in [6, 6.07) is 7.73. The quantitative estimate of drug-likeness (QED) is 0.146. The van der Waals surface area contributed by atoms with Crippen LogP contribution in [0.25, 0.3) is 11.1 Å². The molecule has 1 aliphatic carbocycles.